The smallest absolute Gasteiger partial charge is 0.254 e. The number of pyridine rings is 3. The number of aromatic nitrogens is 4. The highest BCUT2D eigenvalue weighted by Crippen LogP contribution is 2.36. The van der Waals surface area contributed by atoms with Gasteiger partial charge in [-0.25, -0.2) is 9.97 Å². The van der Waals surface area contributed by atoms with Gasteiger partial charge in [-0.2, -0.15) is 0 Å². The van der Waals surface area contributed by atoms with Gasteiger partial charge in [0.2, 0.25) is 5.91 Å². The molecule has 6 heterocycles. The third-order valence-corrected chi connectivity index (χ3v) is 6.28. The van der Waals surface area contributed by atoms with E-state index in [1.165, 1.54) is 0 Å². The maximum atomic E-state index is 12.8. The third kappa shape index (κ3) is 3.19. The molecule has 4 N–H and O–H groups in total. The van der Waals surface area contributed by atoms with Crippen LogP contribution in [-0.4, -0.2) is 43.9 Å². The van der Waals surface area contributed by atoms with Gasteiger partial charge in [-0.15, -0.1) is 0 Å². The molecular weight excluding hydrogens is 432 g/mol. The minimum atomic E-state index is -0.195. The zero-order valence-corrected chi connectivity index (χ0v) is 18.4. The Bertz CT molecular complexity index is 1480. The Morgan fingerprint density at radius 3 is 2.88 bits per heavy atom. The summed E-state index contributed by atoms with van der Waals surface area (Å²) in [7, 11) is 1.94. The van der Waals surface area contributed by atoms with Crippen molar-refractivity contribution in [3.05, 3.63) is 60.0 Å². The molecule has 4 aromatic heterocycles. The van der Waals surface area contributed by atoms with Gasteiger partial charge in [0.1, 0.15) is 17.3 Å². The van der Waals surface area contributed by atoms with Crippen molar-refractivity contribution in [2.45, 2.75) is 19.0 Å². The fraction of sp³-hybridized carbons (Fsp3) is 0.208. The summed E-state index contributed by atoms with van der Waals surface area (Å²) in [6.45, 7) is 0.819. The molecule has 1 atom stereocenters. The lowest BCUT2D eigenvalue weighted by atomic mass is 10.0. The predicted octanol–water partition coefficient (Wildman–Crippen LogP) is 2.08. The van der Waals surface area contributed by atoms with Crippen LogP contribution in [-0.2, 0) is 18.4 Å². The predicted molar refractivity (Wildman–Crippen MR) is 128 cm³/mol. The Kier molecular flexibility index (Phi) is 4.56. The summed E-state index contributed by atoms with van der Waals surface area (Å²) < 4.78 is 1.95. The molecule has 1 fully saturated rings. The molecule has 10 nitrogen and oxygen atoms in total. The monoisotopic (exact) mass is 454 g/mol. The summed E-state index contributed by atoms with van der Waals surface area (Å²) in [5.41, 5.74) is 10.4. The van der Waals surface area contributed by atoms with Crippen LogP contribution in [0.2, 0.25) is 0 Å². The van der Waals surface area contributed by atoms with Gasteiger partial charge in [-0.3, -0.25) is 19.5 Å². The molecule has 34 heavy (non-hydrogen) atoms. The maximum Gasteiger partial charge on any atom is 0.254 e. The number of nitrogens with two attached hydrogens (primary N) is 1. The molecule has 170 valence electrons. The molecule has 6 rings (SSSR count). The van der Waals surface area contributed by atoms with Gasteiger partial charge in [0.05, 0.1) is 23.1 Å². The molecule has 0 aromatic carbocycles. The molecule has 0 bridgehead atoms. The van der Waals surface area contributed by atoms with E-state index in [1.807, 2.05) is 36.0 Å². The molecule has 2 aliphatic heterocycles. The average molecular weight is 454 g/mol. The molecule has 1 saturated heterocycles. The van der Waals surface area contributed by atoms with E-state index in [2.05, 4.69) is 20.6 Å². The van der Waals surface area contributed by atoms with Crippen molar-refractivity contribution in [3.63, 3.8) is 0 Å². The van der Waals surface area contributed by atoms with E-state index in [-0.39, 0.29) is 17.9 Å². The van der Waals surface area contributed by atoms with Gasteiger partial charge in [-0.1, -0.05) is 6.07 Å². The number of amides is 2. The van der Waals surface area contributed by atoms with E-state index in [9.17, 15) is 9.59 Å². The SMILES string of the molecule is Cn1ccc2c(-c3ncc(Nc4cccc(N5C[C@H](N)CC5=O)n4)c4c3CNC4=O)ccnc21. The number of fused-ring (bicyclic) bond motifs is 2. The molecule has 0 unspecified atom stereocenters. The minimum Gasteiger partial charge on any atom is -0.348 e. The van der Waals surface area contributed by atoms with E-state index >= 15 is 0 Å². The van der Waals surface area contributed by atoms with Crippen molar-refractivity contribution < 1.29 is 9.59 Å². The van der Waals surface area contributed by atoms with E-state index in [0.29, 0.717) is 42.4 Å². The Morgan fingerprint density at radius 1 is 1.18 bits per heavy atom. The van der Waals surface area contributed by atoms with Crippen molar-refractivity contribution in [1.82, 2.24) is 24.8 Å². The number of nitrogens with zero attached hydrogens (tertiary/aromatic N) is 5. The summed E-state index contributed by atoms with van der Waals surface area (Å²) in [5, 5.41) is 7.11. The van der Waals surface area contributed by atoms with Crippen LogP contribution in [0.4, 0.5) is 17.3 Å². The van der Waals surface area contributed by atoms with Crippen molar-refractivity contribution >= 4 is 40.2 Å². The molecule has 0 saturated carbocycles. The second kappa shape index (κ2) is 7.63. The molecule has 0 aliphatic carbocycles. The number of carbonyl (C=O) groups excluding carboxylic acids is 2. The van der Waals surface area contributed by atoms with E-state index in [0.717, 1.165) is 27.9 Å². The molecule has 4 aromatic rings. The van der Waals surface area contributed by atoms with Crippen LogP contribution in [0.25, 0.3) is 22.3 Å². The Labute approximate surface area is 194 Å². The number of hydrogen-bond acceptors (Lipinski definition) is 7. The molecule has 10 heteroatoms. The number of aryl methyl sites for hydroxylation is 1. The van der Waals surface area contributed by atoms with Crippen LogP contribution in [0.15, 0.2) is 48.9 Å². The lowest BCUT2D eigenvalue weighted by Gasteiger charge is -2.17. The summed E-state index contributed by atoms with van der Waals surface area (Å²) in [4.78, 5) is 40.4. The second-order valence-electron chi connectivity index (χ2n) is 8.55. The van der Waals surface area contributed by atoms with Crippen molar-refractivity contribution in [3.8, 4) is 11.3 Å². The Balaban J connectivity index is 1.39. The first kappa shape index (κ1) is 20.3. The fourth-order valence-corrected chi connectivity index (χ4v) is 4.68. The Hall–Kier alpha value is -4.31. The van der Waals surface area contributed by atoms with Gasteiger partial charge >= 0.3 is 0 Å². The number of nitrogens with one attached hydrogen (secondary N) is 2. The zero-order valence-electron chi connectivity index (χ0n) is 18.4. The molecule has 2 amide bonds. The number of rotatable bonds is 4. The molecule has 2 aliphatic rings. The van der Waals surface area contributed by atoms with Crippen molar-refractivity contribution in [1.29, 1.82) is 0 Å². The van der Waals surface area contributed by atoms with Crippen molar-refractivity contribution in [2.75, 3.05) is 16.8 Å². The number of hydrogen-bond donors (Lipinski definition) is 3. The summed E-state index contributed by atoms with van der Waals surface area (Å²) in [5.74, 6) is 0.817. The average Bonchev–Trinajstić information content (AvgIpc) is 3.51. The van der Waals surface area contributed by atoms with Crippen LogP contribution in [0.1, 0.15) is 22.3 Å². The number of anilines is 3. The lowest BCUT2D eigenvalue weighted by Crippen LogP contribution is -2.28. The molecular formula is C24H22N8O2. The van der Waals surface area contributed by atoms with E-state index in [4.69, 9.17) is 10.7 Å². The first-order valence-electron chi connectivity index (χ1n) is 11.0. The summed E-state index contributed by atoms with van der Waals surface area (Å²) >= 11 is 0. The van der Waals surface area contributed by atoms with Gasteiger partial charge in [-0.05, 0) is 24.3 Å². The standard InChI is InChI=1S/C24H22N8O2/c1-31-8-6-15-14(5-7-26-23(15)31)22-16-10-28-24(34)21(16)17(11-27-22)29-18-3-2-4-19(30-18)32-12-13(25)9-20(32)33/h2-8,11,13H,9-10,12,25H2,1H3,(H,28,34)(H,29,30)/t13-/m1/s1. The lowest BCUT2D eigenvalue weighted by molar-refractivity contribution is -0.117. The Morgan fingerprint density at radius 2 is 2.06 bits per heavy atom. The van der Waals surface area contributed by atoms with Crippen molar-refractivity contribution in [2.24, 2.45) is 12.8 Å². The maximum absolute atomic E-state index is 12.8. The topological polar surface area (TPSA) is 131 Å². The van der Waals surface area contributed by atoms with Gasteiger partial charge in [0.25, 0.3) is 5.91 Å². The van der Waals surface area contributed by atoms with E-state index < -0.39 is 0 Å². The van der Waals surface area contributed by atoms with E-state index in [1.54, 1.807) is 29.4 Å². The van der Waals surface area contributed by atoms with Gasteiger partial charge < -0.3 is 20.9 Å². The van der Waals surface area contributed by atoms with Crippen LogP contribution in [0, 0.1) is 0 Å². The highest BCUT2D eigenvalue weighted by Gasteiger charge is 2.30. The normalized spacial score (nSPS) is 17.4. The largest absolute Gasteiger partial charge is 0.348 e. The first-order chi connectivity index (χ1) is 16.5. The van der Waals surface area contributed by atoms with Crippen LogP contribution in [0.5, 0.6) is 0 Å². The summed E-state index contributed by atoms with van der Waals surface area (Å²) in [6, 6.07) is 9.10. The first-order valence-corrected chi connectivity index (χ1v) is 11.0. The van der Waals surface area contributed by atoms with Crippen LogP contribution < -0.4 is 21.3 Å². The fourth-order valence-electron chi connectivity index (χ4n) is 4.68. The third-order valence-electron chi connectivity index (χ3n) is 6.28. The minimum absolute atomic E-state index is 0.0481. The zero-order chi connectivity index (χ0) is 23.4. The highest BCUT2D eigenvalue weighted by molar-refractivity contribution is 6.06. The quantitative estimate of drug-likeness (QED) is 0.430. The van der Waals surface area contributed by atoms with Gasteiger partial charge in [0.15, 0.2) is 0 Å². The molecule has 0 spiro atoms. The van der Waals surface area contributed by atoms with Crippen LogP contribution >= 0.6 is 0 Å². The molecule has 0 radical (unpaired) electrons. The second-order valence-corrected chi connectivity index (χ2v) is 8.55. The van der Waals surface area contributed by atoms with Gasteiger partial charge in [0, 0.05) is 61.5 Å². The summed E-state index contributed by atoms with van der Waals surface area (Å²) in [6.07, 6.45) is 5.67. The van der Waals surface area contributed by atoms with Crippen LogP contribution in [0.3, 0.4) is 0 Å². The number of carbonyl (C=O) groups is 2. The highest BCUT2D eigenvalue weighted by atomic mass is 16.2.